The van der Waals surface area contributed by atoms with Crippen molar-refractivity contribution in [3.8, 4) is 16.9 Å². The van der Waals surface area contributed by atoms with E-state index in [4.69, 9.17) is 10.5 Å². The van der Waals surface area contributed by atoms with Crippen LogP contribution in [0.4, 0.5) is 30.4 Å². The number of pyridine rings is 1. The Morgan fingerprint density at radius 3 is 2.28 bits per heavy atom. The first-order chi connectivity index (χ1) is 18.6. The molecule has 39 heavy (non-hydrogen) atoms. The quantitative estimate of drug-likeness (QED) is 0.409. The largest absolute Gasteiger partial charge is 0.573 e. The molecule has 5 rings (SSSR count). The Bertz CT molecular complexity index is 1350. The highest BCUT2D eigenvalue weighted by atomic mass is 19.4. The van der Waals surface area contributed by atoms with E-state index < -0.39 is 29.5 Å². The Balaban J connectivity index is 1.33. The lowest BCUT2D eigenvalue weighted by molar-refractivity contribution is -0.274. The Kier molecular flexibility index (Phi) is 7.15. The van der Waals surface area contributed by atoms with Crippen LogP contribution in [-0.4, -0.2) is 59.9 Å². The highest BCUT2D eigenvalue weighted by Crippen LogP contribution is 2.44. The Hall–Kier alpha value is -4.16. The zero-order valence-corrected chi connectivity index (χ0v) is 20.8. The molecule has 1 aliphatic heterocycles. The molecular weight excluding hydrogens is 515 g/mol. The maximum atomic E-state index is 13.2. The number of nitrogens with two attached hydrogens (primary N) is 1. The van der Waals surface area contributed by atoms with Crippen molar-refractivity contribution in [3.63, 3.8) is 0 Å². The molecule has 0 atom stereocenters. The van der Waals surface area contributed by atoms with Crippen molar-refractivity contribution >= 4 is 29.0 Å². The third-order valence-electron chi connectivity index (χ3n) is 6.74. The van der Waals surface area contributed by atoms with E-state index in [2.05, 4.69) is 20.4 Å². The number of alkyl halides is 3. The summed E-state index contributed by atoms with van der Waals surface area (Å²) in [7, 11) is 0. The normalized spacial score (nSPS) is 16.8. The second-order valence-electron chi connectivity index (χ2n) is 9.35. The van der Waals surface area contributed by atoms with E-state index in [0.29, 0.717) is 50.7 Å². The summed E-state index contributed by atoms with van der Waals surface area (Å²) in [4.78, 5) is 32.2. The highest BCUT2D eigenvalue weighted by molar-refractivity contribution is 6.07. The van der Waals surface area contributed by atoms with Crippen molar-refractivity contribution in [2.45, 2.75) is 24.7 Å². The summed E-state index contributed by atoms with van der Waals surface area (Å²) < 4.78 is 48.7. The topological polar surface area (TPSA) is 119 Å². The van der Waals surface area contributed by atoms with E-state index in [-0.39, 0.29) is 11.3 Å². The molecule has 2 amide bonds. The molecule has 0 radical (unpaired) electrons. The summed E-state index contributed by atoms with van der Waals surface area (Å²) >= 11 is 0. The molecular formula is C27H26F3N5O4. The smallest absolute Gasteiger partial charge is 0.404 e. The number of ether oxygens (including phenoxy) is 2. The molecule has 2 heterocycles. The molecule has 12 heteroatoms. The lowest BCUT2D eigenvalue weighted by Gasteiger charge is -2.34. The number of carbonyl (C=O) groups is 2. The van der Waals surface area contributed by atoms with Gasteiger partial charge in [-0.25, -0.2) is 4.98 Å². The summed E-state index contributed by atoms with van der Waals surface area (Å²) in [6.45, 7) is 2.06. The van der Waals surface area contributed by atoms with Crippen molar-refractivity contribution in [2.24, 2.45) is 0 Å². The molecule has 1 aliphatic carbocycles. The molecule has 1 saturated heterocycles. The monoisotopic (exact) mass is 541 g/mol. The number of morpholine rings is 1. The van der Waals surface area contributed by atoms with Gasteiger partial charge in [0.2, 0.25) is 5.91 Å². The summed E-state index contributed by atoms with van der Waals surface area (Å²) in [6, 6.07) is 13.8. The second kappa shape index (κ2) is 10.5. The zero-order valence-electron chi connectivity index (χ0n) is 20.8. The number of hydrogen-bond donors (Lipinski definition) is 3. The van der Waals surface area contributed by atoms with Crippen LogP contribution < -0.4 is 21.1 Å². The number of rotatable bonds is 7. The van der Waals surface area contributed by atoms with E-state index in [1.165, 1.54) is 12.1 Å². The summed E-state index contributed by atoms with van der Waals surface area (Å²) in [5.74, 6) is -1.22. The van der Waals surface area contributed by atoms with E-state index >= 15 is 0 Å². The number of nitrogens with one attached hydrogen (secondary N) is 2. The van der Waals surface area contributed by atoms with Gasteiger partial charge in [0, 0.05) is 36.1 Å². The number of anilines is 3. The van der Waals surface area contributed by atoms with Gasteiger partial charge in [-0.3, -0.25) is 14.5 Å². The molecule has 204 valence electrons. The van der Waals surface area contributed by atoms with Gasteiger partial charge >= 0.3 is 6.36 Å². The number of nitrogens with zero attached hydrogens (tertiary/aromatic N) is 2. The second-order valence-corrected chi connectivity index (χ2v) is 9.35. The zero-order chi connectivity index (χ0) is 27.6. The van der Waals surface area contributed by atoms with E-state index in [0.717, 1.165) is 17.2 Å². The van der Waals surface area contributed by atoms with Gasteiger partial charge in [-0.15, -0.1) is 13.2 Å². The van der Waals surface area contributed by atoms with Crippen molar-refractivity contribution in [2.75, 3.05) is 42.7 Å². The van der Waals surface area contributed by atoms with Gasteiger partial charge in [-0.2, -0.15) is 0 Å². The average Bonchev–Trinajstić information content (AvgIpc) is 3.73. The Labute approximate surface area is 222 Å². The fourth-order valence-corrected chi connectivity index (χ4v) is 4.54. The maximum absolute atomic E-state index is 13.2. The third-order valence-corrected chi connectivity index (χ3v) is 6.74. The molecule has 0 bridgehead atoms. The minimum atomic E-state index is -4.98. The van der Waals surface area contributed by atoms with Gasteiger partial charge in [0.25, 0.3) is 5.91 Å². The van der Waals surface area contributed by atoms with Crippen LogP contribution in [0.3, 0.4) is 0 Å². The molecule has 0 unspecified atom stereocenters. The number of halogens is 3. The van der Waals surface area contributed by atoms with Crippen LogP contribution in [0, 0.1) is 0 Å². The highest BCUT2D eigenvalue weighted by Gasteiger charge is 2.54. The van der Waals surface area contributed by atoms with Crippen LogP contribution in [0.5, 0.6) is 5.75 Å². The van der Waals surface area contributed by atoms with Gasteiger partial charge in [0.05, 0.1) is 18.9 Å². The van der Waals surface area contributed by atoms with Crippen LogP contribution >= 0.6 is 0 Å². The fourth-order valence-electron chi connectivity index (χ4n) is 4.54. The van der Waals surface area contributed by atoms with Gasteiger partial charge in [-0.1, -0.05) is 12.1 Å². The van der Waals surface area contributed by atoms with E-state index in [1.54, 1.807) is 36.5 Å². The van der Waals surface area contributed by atoms with E-state index in [9.17, 15) is 22.8 Å². The molecule has 2 aliphatic rings. The molecule has 0 spiro atoms. The Morgan fingerprint density at radius 2 is 1.67 bits per heavy atom. The minimum absolute atomic E-state index is 0.0443. The van der Waals surface area contributed by atoms with Crippen molar-refractivity contribution in [1.29, 1.82) is 0 Å². The molecule has 4 N–H and O–H groups in total. The van der Waals surface area contributed by atoms with Crippen LogP contribution in [0.2, 0.25) is 0 Å². The van der Waals surface area contributed by atoms with Gasteiger partial charge < -0.3 is 25.8 Å². The van der Waals surface area contributed by atoms with Crippen LogP contribution in [0.25, 0.3) is 11.1 Å². The number of amides is 2. The number of nitrogen functional groups attached to an aromatic ring is 1. The first-order valence-electron chi connectivity index (χ1n) is 12.3. The van der Waals surface area contributed by atoms with E-state index in [1.807, 2.05) is 11.0 Å². The third kappa shape index (κ3) is 6.13. The van der Waals surface area contributed by atoms with Crippen LogP contribution in [-0.2, 0) is 9.53 Å². The van der Waals surface area contributed by atoms with Gasteiger partial charge in [0.15, 0.2) is 5.75 Å². The summed E-state index contributed by atoms with van der Waals surface area (Å²) in [5.41, 5.74) is 6.79. The summed E-state index contributed by atoms with van der Waals surface area (Å²) in [5, 5.41) is 5.30. The molecule has 1 saturated carbocycles. The molecule has 1 aromatic heterocycles. The molecule has 2 aromatic carbocycles. The predicted octanol–water partition coefficient (Wildman–Crippen LogP) is 4.29. The number of benzene rings is 2. The minimum Gasteiger partial charge on any atom is -0.404 e. The molecule has 9 nitrogen and oxygen atoms in total. The first-order valence-corrected chi connectivity index (χ1v) is 12.3. The summed E-state index contributed by atoms with van der Waals surface area (Å²) in [6.07, 6.45) is -2.19. The first kappa shape index (κ1) is 26.4. The fraction of sp³-hybridized carbons (Fsp3) is 0.296. The van der Waals surface area contributed by atoms with Gasteiger partial charge in [-0.05, 0) is 60.9 Å². The Morgan fingerprint density at radius 1 is 0.974 bits per heavy atom. The molecule has 2 fully saturated rings. The number of carbonyl (C=O) groups excluding carboxylic acids is 2. The standard InChI is InChI=1S/C27H26F3N5O4/c28-27(29,30)39-22-7-3-18(15-21(22)34-25(37)26(9-10-26)35-11-13-38-14-12-35)24(36)33-20-5-1-17(2-6-20)19-4-8-23(31)32-16-19/h1-8,15-16H,9-14H2,(H2,31,32)(H,33,36)(H,34,37). The van der Waals surface area contributed by atoms with Crippen molar-refractivity contribution in [3.05, 3.63) is 66.4 Å². The molecule has 3 aromatic rings. The lowest BCUT2D eigenvalue weighted by Crippen LogP contribution is -2.51. The predicted molar refractivity (Wildman–Crippen MR) is 138 cm³/mol. The number of aromatic nitrogens is 1. The van der Waals surface area contributed by atoms with Crippen LogP contribution in [0.15, 0.2) is 60.8 Å². The van der Waals surface area contributed by atoms with Crippen molar-refractivity contribution in [1.82, 2.24) is 9.88 Å². The van der Waals surface area contributed by atoms with Crippen LogP contribution in [0.1, 0.15) is 23.2 Å². The SMILES string of the molecule is Nc1ccc(-c2ccc(NC(=O)c3ccc(OC(F)(F)F)c(NC(=O)C4(N5CCOCC5)CC4)c3)cc2)cn1. The maximum Gasteiger partial charge on any atom is 0.573 e. The lowest BCUT2D eigenvalue weighted by atomic mass is 10.1. The van der Waals surface area contributed by atoms with Crippen molar-refractivity contribution < 1.29 is 32.2 Å². The average molecular weight is 542 g/mol. The van der Waals surface area contributed by atoms with Gasteiger partial charge in [0.1, 0.15) is 11.4 Å². The number of hydrogen-bond acceptors (Lipinski definition) is 7.